The molecule has 0 amide bonds. The van der Waals surface area contributed by atoms with Gasteiger partial charge in [0.05, 0.1) is 11.4 Å². The predicted molar refractivity (Wildman–Crippen MR) is 77.4 cm³/mol. The van der Waals surface area contributed by atoms with Crippen molar-refractivity contribution in [3.8, 4) is 0 Å². The van der Waals surface area contributed by atoms with Crippen molar-refractivity contribution < 1.29 is 13.5 Å². The van der Waals surface area contributed by atoms with E-state index in [1.54, 1.807) is 0 Å². The zero-order chi connectivity index (χ0) is 15.0. The Morgan fingerprint density at radius 2 is 2.05 bits per heavy atom. The van der Waals surface area contributed by atoms with Gasteiger partial charge in [0.15, 0.2) is 5.82 Å². The highest BCUT2D eigenvalue weighted by Crippen LogP contribution is 2.34. The third-order valence-corrected chi connectivity index (χ3v) is 4.45. The molecule has 0 bridgehead atoms. The van der Waals surface area contributed by atoms with Gasteiger partial charge in [0.2, 0.25) is 0 Å². The Morgan fingerprint density at radius 1 is 1.33 bits per heavy atom. The average Bonchev–Trinajstić information content (AvgIpc) is 2.77. The number of imidazole rings is 1. The van der Waals surface area contributed by atoms with Crippen LogP contribution in [0, 0.1) is 17.0 Å². The molecule has 1 aliphatic heterocycles. The Kier molecular flexibility index (Phi) is 3.88. The zero-order valence-electron chi connectivity index (χ0n) is 11.8. The fraction of sp³-hybridized carbons (Fsp3) is 0.533. The minimum Gasteiger partial charge on any atom is -0.381 e. The highest BCUT2D eigenvalue weighted by molar-refractivity contribution is 6.16. The van der Waals surface area contributed by atoms with Gasteiger partial charge in [-0.05, 0) is 24.3 Å². The van der Waals surface area contributed by atoms with E-state index in [4.69, 9.17) is 16.3 Å². The van der Waals surface area contributed by atoms with E-state index in [1.165, 1.54) is 6.07 Å². The molecule has 114 valence electrons. The third-order valence-electron chi connectivity index (χ3n) is 4.21. The summed E-state index contributed by atoms with van der Waals surface area (Å²) in [4.78, 5) is 4.23. The van der Waals surface area contributed by atoms with Gasteiger partial charge in [-0.25, -0.2) is 13.8 Å². The van der Waals surface area contributed by atoms with Crippen LogP contribution in [0.2, 0.25) is 0 Å². The molecular formula is C15H17ClF2N2O. The summed E-state index contributed by atoms with van der Waals surface area (Å²) in [6.07, 6.45) is 1.82. The molecule has 1 aliphatic rings. The van der Waals surface area contributed by atoms with Gasteiger partial charge in [0, 0.05) is 25.8 Å². The molecule has 2 aromatic rings. The monoisotopic (exact) mass is 314 g/mol. The molecule has 21 heavy (non-hydrogen) atoms. The number of rotatable bonds is 3. The van der Waals surface area contributed by atoms with E-state index in [1.807, 2.05) is 4.57 Å². The minimum atomic E-state index is -0.646. The van der Waals surface area contributed by atoms with Gasteiger partial charge >= 0.3 is 0 Å². The van der Waals surface area contributed by atoms with Crippen LogP contribution in [0.15, 0.2) is 12.1 Å². The van der Waals surface area contributed by atoms with Crippen molar-refractivity contribution in [2.45, 2.75) is 32.2 Å². The lowest BCUT2D eigenvalue weighted by molar-refractivity contribution is 0.0157. The molecule has 1 aromatic carbocycles. The number of benzene rings is 1. The molecule has 1 aromatic heterocycles. The maximum Gasteiger partial charge on any atom is 0.153 e. The van der Waals surface area contributed by atoms with Gasteiger partial charge in [-0.1, -0.05) is 6.92 Å². The Bertz CT molecular complexity index is 665. The zero-order valence-corrected chi connectivity index (χ0v) is 12.6. The van der Waals surface area contributed by atoms with Crippen molar-refractivity contribution in [3.05, 3.63) is 29.6 Å². The molecular weight excluding hydrogens is 298 g/mol. The quantitative estimate of drug-likeness (QED) is 0.804. The lowest BCUT2D eigenvalue weighted by Crippen LogP contribution is -2.31. The number of nitrogens with zero attached hydrogens (tertiary/aromatic N) is 2. The fourth-order valence-electron chi connectivity index (χ4n) is 2.88. The molecule has 0 aliphatic carbocycles. The summed E-state index contributed by atoms with van der Waals surface area (Å²) in [5, 5.41) is 0. The first-order valence-corrected chi connectivity index (χ1v) is 7.54. The number of hydrogen-bond acceptors (Lipinski definition) is 2. The van der Waals surface area contributed by atoms with Crippen LogP contribution in [0.4, 0.5) is 8.78 Å². The van der Waals surface area contributed by atoms with Crippen LogP contribution in [-0.4, -0.2) is 22.8 Å². The summed E-state index contributed by atoms with van der Waals surface area (Å²) < 4.78 is 34.6. The SMILES string of the molecule is CC1(Cn2c(CCl)nc3c(F)cc(F)cc32)CCOCC1. The number of ether oxygens (including phenoxy) is 1. The van der Waals surface area contributed by atoms with Crippen molar-refractivity contribution in [1.82, 2.24) is 9.55 Å². The van der Waals surface area contributed by atoms with Gasteiger partial charge in [-0.15, -0.1) is 11.6 Å². The normalized spacial score (nSPS) is 18.3. The molecule has 0 radical (unpaired) electrons. The molecule has 0 N–H and O–H groups in total. The van der Waals surface area contributed by atoms with Gasteiger partial charge in [-0.3, -0.25) is 0 Å². The summed E-state index contributed by atoms with van der Waals surface area (Å²) in [5.74, 6) is -0.502. The van der Waals surface area contributed by atoms with Crippen LogP contribution >= 0.6 is 11.6 Å². The first-order valence-electron chi connectivity index (χ1n) is 7.00. The summed E-state index contributed by atoms with van der Waals surface area (Å²) >= 11 is 5.93. The first kappa shape index (κ1) is 14.7. The van der Waals surface area contributed by atoms with Gasteiger partial charge in [0.25, 0.3) is 0 Å². The predicted octanol–water partition coefficient (Wildman–Crippen LogP) is 3.87. The van der Waals surface area contributed by atoms with E-state index in [-0.39, 0.29) is 16.8 Å². The molecule has 1 fully saturated rings. The highest BCUT2D eigenvalue weighted by atomic mass is 35.5. The molecule has 3 nitrogen and oxygen atoms in total. The summed E-state index contributed by atoms with van der Waals surface area (Å²) in [6.45, 7) is 4.22. The number of hydrogen-bond donors (Lipinski definition) is 0. The van der Waals surface area contributed by atoms with Crippen molar-refractivity contribution in [1.29, 1.82) is 0 Å². The van der Waals surface area contributed by atoms with Crippen LogP contribution in [0.1, 0.15) is 25.6 Å². The van der Waals surface area contributed by atoms with E-state index in [0.29, 0.717) is 31.1 Å². The lowest BCUT2D eigenvalue weighted by Gasteiger charge is -2.34. The van der Waals surface area contributed by atoms with Gasteiger partial charge in [0.1, 0.15) is 17.2 Å². The van der Waals surface area contributed by atoms with Gasteiger partial charge in [-0.2, -0.15) is 0 Å². The van der Waals surface area contributed by atoms with Crippen molar-refractivity contribution in [2.24, 2.45) is 5.41 Å². The van der Waals surface area contributed by atoms with Crippen molar-refractivity contribution in [3.63, 3.8) is 0 Å². The summed E-state index contributed by atoms with van der Waals surface area (Å²) in [6, 6.07) is 2.18. The number of halogens is 3. The fourth-order valence-corrected chi connectivity index (χ4v) is 3.08. The standard InChI is InChI=1S/C15H17ClF2N2O/c1-15(2-4-21-5-3-15)9-20-12-7-10(17)6-11(18)14(12)19-13(20)8-16/h6-7H,2-5,8-9H2,1H3. The number of alkyl halides is 1. The van der Waals surface area contributed by atoms with E-state index in [2.05, 4.69) is 11.9 Å². The summed E-state index contributed by atoms with van der Waals surface area (Å²) in [5.41, 5.74) is 0.675. The first-order chi connectivity index (χ1) is 10.0. The lowest BCUT2D eigenvalue weighted by atomic mass is 9.82. The minimum absolute atomic E-state index is 0.0233. The second-order valence-electron chi connectivity index (χ2n) is 5.93. The topological polar surface area (TPSA) is 27.1 Å². The van der Waals surface area contributed by atoms with Crippen LogP contribution in [0.25, 0.3) is 11.0 Å². The second kappa shape index (κ2) is 5.54. The van der Waals surface area contributed by atoms with Crippen LogP contribution in [-0.2, 0) is 17.2 Å². The molecule has 6 heteroatoms. The highest BCUT2D eigenvalue weighted by Gasteiger charge is 2.29. The third kappa shape index (κ3) is 2.77. The van der Waals surface area contributed by atoms with Crippen molar-refractivity contribution >= 4 is 22.6 Å². The maximum atomic E-state index is 13.9. The molecule has 0 unspecified atom stereocenters. The Hall–Kier alpha value is -1.20. The van der Waals surface area contributed by atoms with E-state index >= 15 is 0 Å². The molecule has 0 spiro atoms. The van der Waals surface area contributed by atoms with E-state index in [0.717, 1.165) is 18.9 Å². The number of fused-ring (bicyclic) bond motifs is 1. The van der Waals surface area contributed by atoms with Crippen molar-refractivity contribution in [2.75, 3.05) is 13.2 Å². The van der Waals surface area contributed by atoms with Crippen LogP contribution in [0.3, 0.4) is 0 Å². The summed E-state index contributed by atoms with van der Waals surface area (Å²) in [7, 11) is 0. The van der Waals surface area contributed by atoms with Crippen LogP contribution < -0.4 is 0 Å². The Morgan fingerprint density at radius 3 is 2.71 bits per heavy atom. The molecule has 1 saturated heterocycles. The molecule has 3 rings (SSSR count). The molecule has 0 saturated carbocycles. The smallest absolute Gasteiger partial charge is 0.153 e. The maximum absolute atomic E-state index is 13.9. The second-order valence-corrected chi connectivity index (χ2v) is 6.19. The average molecular weight is 315 g/mol. The number of aromatic nitrogens is 2. The van der Waals surface area contributed by atoms with E-state index < -0.39 is 11.6 Å². The van der Waals surface area contributed by atoms with Gasteiger partial charge < -0.3 is 9.30 Å². The largest absolute Gasteiger partial charge is 0.381 e. The van der Waals surface area contributed by atoms with E-state index in [9.17, 15) is 8.78 Å². The van der Waals surface area contributed by atoms with Crippen LogP contribution in [0.5, 0.6) is 0 Å². The Labute approximate surface area is 126 Å². The molecule has 2 heterocycles. The molecule has 0 atom stereocenters. The Balaban J connectivity index is 2.07.